The molecule has 1 heterocycles. The van der Waals surface area contributed by atoms with Gasteiger partial charge in [-0.15, -0.1) is 0 Å². The second-order valence-corrected chi connectivity index (χ2v) is 4.70. The fourth-order valence-corrected chi connectivity index (χ4v) is 2.09. The summed E-state index contributed by atoms with van der Waals surface area (Å²) in [6.07, 6.45) is 2.07. The van der Waals surface area contributed by atoms with E-state index < -0.39 is 0 Å². The van der Waals surface area contributed by atoms with E-state index in [2.05, 4.69) is 10.6 Å². The molecule has 2 aliphatic rings. The van der Waals surface area contributed by atoms with Gasteiger partial charge in [0.25, 0.3) is 5.24 Å². The van der Waals surface area contributed by atoms with Crippen molar-refractivity contribution in [2.45, 2.75) is 18.9 Å². The van der Waals surface area contributed by atoms with Gasteiger partial charge >= 0.3 is 6.03 Å². The maximum atomic E-state index is 11.2. The summed E-state index contributed by atoms with van der Waals surface area (Å²) in [5.74, 6) is 0.0343. The van der Waals surface area contributed by atoms with Crippen molar-refractivity contribution >= 4 is 28.9 Å². The first kappa shape index (κ1) is 11.3. The second-order valence-electron chi connectivity index (χ2n) is 3.77. The van der Waals surface area contributed by atoms with E-state index in [1.54, 1.807) is 0 Å². The van der Waals surface area contributed by atoms with Crippen LogP contribution in [0.3, 0.4) is 0 Å². The van der Waals surface area contributed by atoms with Crippen molar-refractivity contribution in [3.05, 3.63) is 0 Å². The first-order valence-electron chi connectivity index (χ1n) is 5.18. The van der Waals surface area contributed by atoms with Crippen molar-refractivity contribution in [1.82, 2.24) is 15.5 Å². The molecular formula is C9H13N3O3S. The van der Waals surface area contributed by atoms with Crippen LogP contribution in [0.15, 0.2) is 0 Å². The minimum atomic E-state index is -0.228. The van der Waals surface area contributed by atoms with Crippen LogP contribution < -0.4 is 10.6 Å². The lowest BCUT2D eigenvalue weighted by molar-refractivity contribution is -0.124. The third kappa shape index (κ3) is 2.88. The highest BCUT2D eigenvalue weighted by Gasteiger charge is 2.29. The number of thioether (sulfide) groups is 1. The van der Waals surface area contributed by atoms with E-state index in [1.807, 2.05) is 0 Å². The number of hydrogen-bond donors (Lipinski definition) is 2. The fourth-order valence-electron chi connectivity index (χ4n) is 1.34. The van der Waals surface area contributed by atoms with Gasteiger partial charge in [-0.3, -0.25) is 14.5 Å². The van der Waals surface area contributed by atoms with Crippen LogP contribution in [0.2, 0.25) is 0 Å². The van der Waals surface area contributed by atoms with Crippen LogP contribution in [0.1, 0.15) is 12.8 Å². The Morgan fingerprint density at radius 2 is 2.19 bits per heavy atom. The zero-order valence-corrected chi connectivity index (χ0v) is 9.51. The van der Waals surface area contributed by atoms with Gasteiger partial charge < -0.3 is 10.6 Å². The summed E-state index contributed by atoms with van der Waals surface area (Å²) in [5, 5.41) is 5.15. The molecule has 1 aliphatic heterocycles. The summed E-state index contributed by atoms with van der Waals surface area (Å²) >= 11 is 1.00. The highest BCUT2D eigenvalue weighted by atomic mass is 32.2. The predicted octanol–water partition coefficient (Wildman–Crippen LogP) is 0.143. The zero-order chi connectivity index (χ0) is 11.5. The first-order chi connectivity index (χ1) is 7.66. The zero-order valence-electron chi connectivity index (χ0n) is 8.69. The largest absolute Gasteiger partial charge is 0.336 e. The third-order valence-electron chi connectivity index (χ3n) is 2.37. The van der Waals surface area contributed by atoms with Crippen LogP contribution in [0.4, 0.5) is 9.59 Å². The standard InChI is InChI=1S/C9H13N3O3S/c13-7-5-16-9(15)12(7)4-3-10-8(14)11-6-1-2-6/h6H,1-5H2,(H2,10,11,14). The normalized spacial score (nSPS) is 20.1. The Bertz CT molecular complexity index is 314. The summed E-state index contributed by atoms with van der Waals surface area (Å²) in [7, 11) is 0. The van der Waals surface area contributed by atoms with E-state index in [-0.39, 0.29) is 29.5 Å². The molecule has 0 spiro atoms. The number of urea groups is 1. The first-order valence-corrected chi connectivity index (χ1v) is 6.17. The van der Waals surface area contributed by atoms with Gasteiger partial charge in [0.2, 0.25) is 5.91 Å². The number of imide groups is 1. The minimum absolute atomic E-state index is 0.181. The molecule has 16 heavy (non-hydrogen) atoms. The van der Waals surface area contributed by atoms with Gasteiger partial charge in [-0.05, 0) is 12.8 Å². The lowest BCUT2D eigenvalue weighted by atomic mass is 10.5. The Morgan fingerprint density at radius 3 is 2.75 bits per heavy atom. The molecule has 1 saturated carbocycles. The number of rotatable bonds is 4. The molecule has 2 fully saturated rings. The number of hydrogen-bond acceptors (Lipinski definition) is 4. The van der Waals surface area contributed by atoms with E-state index in [0.717, 1.165) is 24.6 Å². The number of carbonyl (C=O) groups excluding carboxylic acids is 3. The lowest BCUT2D eigenvalue weighted by Crippen LogP contribution is -2.42. The molecule has 7 heteroatoms. The molecule has 0 bridgehead atoms. The van der Waals surface area contributed by atoms with Gasteiger partial charge in [0.15, 0.2) is 0 Å². The van der Waals surface area contributed by atoms with Crippen molar-refractivity contribution in [1.29, 1.82) is 0 Å². The van der Waals surface area contributed by atoms with Crippen LogP contribution in [-0.2, 0) is 4.79 Å². The van der Waals surface area contributed by atoms with Crippen molar-refractivity contribution in [2.75, 3.05) is 18.8 Å². The SMILES string of the molecule is O=C(NCCN1C(=O)CSC1=O)NC1CC1. The van der Waals surface area contributed by atoms with Crippen LogP contribution in [0.25, 0.3) is 0 Å². The number of carbonyl (C=O) groups is 3. The molecule has 4 amide bonds. The quantitative estimate of drug-likeness (QED) is 0.736. The van der Waals surface area contributed by atoms with Gasteiger partial charge in [-0.1, -0.05) is 11.8 Å². The van der Waals surface area contributed by atoms with Crippen molar-refractivity contribution < 1.29 is 14.4 Å². The molecule has 0 unspecified atom stereocenters. The molecule has 2 N–H and O–H groups in total. The molecule has 0 atom stereocenters. The molecule has 1 saturated heterocycles. The number of nitrogens with one attached hydrogen (secondary N) is 2. The monoisotopic (exact) mass is 243 g/mol. The molecule has 0 aromatic heterocycles. The predicted molar refractivity (Wildman–Crippen MR) is 59.1 cm³/mol. The smallest absolute Gasteiger partial charge is 0.315 e. The van der Waals surface area contributed by atoms with E-state index >= 15 is 0 Å². The summed E-state index contributed by atoms with van der Waals surface area (Å²) in [5.41, 5.74) is 0. The summed E-state index contributed by atoms with van der Waals surface area (Å²) in [6, 6.07) is 0.0832. The maximum absolute atomic E-state index is 11.2. The fraction of sp³-hybridized carbons (Fsp3) is 0.667. The summed E-state index contributed by atoms with van der Waals surface area (Å²) in [4.78, 5) is 34.8. The Morgan fingerprint density at radius 1 is 1.44 bits per heavy atom. The molecular weight excluding hydrogens is 230 g/mol. The highest BCUT2D eigenvalue weighted by Crippen LogP contribution is 2.18. The van der Waals surface area contributed by atoms with Crippen LogP contribution >= 0.6 is 11.8 Å². The van der Waals surface area contributed by atoms with Crippen LogP contribution in [0.5, 0.6) is 0 Å². The Kier molecular flexibility index (Phi) is 3.33. The van der Waals surface area contributed by atoms with Crippen molar-refractivity contribution in [3.8, 4) is 0 Å². The molecule has 6 nitrogen and oxygen atoms in total. The van der Waals surface area contributed by atoms with Crippen LogP contribution in [-0.4, -0.2) is 47.0 Å². The maximum Gasteiger partial charge on any atom is 0.315 e. The van der Waals surface area contributed by atoms with Gasteiger partial charge in [0.1, 0.15) is 0 Å². The molecule has 0 aromatic carbocycles. The number of amides is 4. The average Bonchev–Trinajstić information content (AvgIpc) is 2.99. The Balaban J connectivity index is 1.64. The Hall–Kier alpha value is -1.24. The van der Waals surface area contributed by atoms with E-state index in [0.29, 0.717) is 12.6 Å². The minimum Gasteiger partial charge on any atom is -0.336 e. The summed E-state index contributed by atoms with van der Waals surface area (Å²) in [6.45, 7) is 0.555. The lowest BCUT2D eigenvalue weighted by Gasteiger charge is -2.13. The molecule has 88 valence electrons. The molecule has 0 aromatic rings. The topological polar surface area (TPSA) is 78.5 Å². The highest BCUT2D eigenvalue weighted by molar-refractivity contribution is 8.14. The van der Waals surface area contributed by atoms with E-state index in [4.69, 9.17) is 0 Å². The molecule has 0 radical (unpaired) electrons. The average molecular weight is 243 g/mol. The number of nitrogens with zero attached hydrogens (tertiary/aromatic N) is 1. The van der Waals surface area contributed by atoms with Gasteiger partial charge in [-0.2, -0.15) is 0 Å². The third-order valence-corrected chi connectivity index (χ3v) is 3.23. The van der Waals surface area contributed by atoms with Gasteiger partial charge in [0, 0.05) is 19.1 Å². The van der Waals surface area contributed by atoms with Crippen molar-refractivity contribution in [3.63, 3.8) is 0 Å². The molecule has 1 aliphatic carbocycles. The van der Waals surface area contributed by atoms with Crippen molar-refractivity contribution in [2.24, 2.45) is 0 Å². The molecule has 2 rings (SSSR count). The Labute approximate surface area is 97.1 Å². The van der Waals surface area contributed by atoms with E-state index in [1.165, 1.54) is 4.90 Å². The van der Waals surface area contributed by atoms with E-state index in [9.17, 15) is 14.4 Å². The van der Waals surface area contributed by atoms with Crippen LogP contribution in [0, 0.1) is 0 Å². The van der Waals surface area contributed by atoms with Gasteiger partial charge in [-0.25, -0.2) is 4.79 Å². The summed E-state index contributed by atoms with van der Waals surface area (Å²) < 4.78 is 0. The van der Waals surface area contributed by atoms with Gasteiger partial charge in [0.05, 0.1) is 5.75 Å². The second kappa shape index (κ2) is 4.73.